The number of nitrogens with zero attached hydrogens (tertiary/aromatic N) is 2. The Morgan fingerprint density at radius 2 is 1.63 bits per heavy atom. The molecule has 7 nitrogen and oxygen atoms in total. The lowest BCUT2D eigenvalue weighted by Crippen LogP contribution is -2.41. The lowest BCUT2D eigenvalue weighted by Gasteiger charge is -2.25. The average Bonchev–Trinajstić information content (AvgIpc) is 3.01. The van der Waals surface area contributed by atoms with Crippen molar-refractivity contribution in [2.24, 2.45) is 7.05 Å². The molecule has 1 saturated heterocycles. The van der Waals surface area contributed by atoms with Crippen molar-refractivity contribution >= 4 is 45.7 Å². The van der Waals surface area contributed by atoms with Crippen molar-refractivity contribution < 1.29 is 14.3 Å². The molecule has 0 saturated carbocycles. The number of aromatic nitrogens is 1. The number of nitrogens with one attached hydrogen (secondary N) is 2. The molecule has 156 valence electrons. The quantitative estimate of drug-likeness (QED) is 0.656. The van der Waals surface area contributed by atoms with E-state index in [1.54, 1.807) is 28.8 Å². The Morgan fingerprint density at radius 1 is 1.00 bits per heavy atom. The van der Waals surface area contributed by atoms with Gasteiger partial charge < -0.3 is 19.9 Å². The van der Waals surface area contributed by atoms with E-state index in [0.717, 1.165) is 24.0 Å². The molecule has 8 heteroatoms. The van der Waals surface area contributed by atoms with Crippen LogP contribution in [0.3, 0.4) is 0 Å². The molecule has 1 aromatic heterocycles. The van der Waals surface area contributed by atoms with Gasteiger partial charge in [0.05, 0.1) is 24.8 Å². The van der Waals surface area contributed by atoms with Gasteiger partial charge in [0.1, 0.15) is 5.69 Å². The number of aryl methyl sites for hydroxylation is 1. The minimum Gasteiger partial charge on any atom is -0.379 e. The number of halogens is 1. The number of amides is 2. The first-order valence-electron chi connectivity index (χ1n) is 9.77. The molecule has 0 aliphatic carbocycles. The predicted molar refractivity (Wildman–Crippen MR) is 118 cm³/mol. The molecule has 1 aliphatic rings. The molecule has 0 radical (unpaired) electrons. The first-order valence-corrected chi connectivity index (χ1v) is 10.1. The maximum Gasteiger partial charge on any atom is 0.273 e. The molecular weight excluding hydrogens is 404 g/mol. The van der Waals surface area contributed by atoms with Crippen molar-refractivity contribution in [1.29, 1.82) is 0 Å². The first-order chi connectivity index (χ1) is 14.5. The molecule has 1 fully saturated rings. The molecule has 2 N–H and O–H groups in total. The number of carbonyl (C=O) groups is 2. The standard InChI is InChI=1S/C22H23ClN4O3/c1-26-18-5-3-2-4-17(18)20(23)21(26)22(29)25-16-8-6-15(7-9-16)24-19(28)14-27-10-12-30-13-11-27/h2-9H,10-14H2,1H3,(H,24,28)(H,25,29). The Balaban J connectivity index is 1.40. The smallest absolute Gasteiger partial charge is 0.273 e. The van der Waals surface area contributed by atoms with Gasteiger partial charge in [0.15, 0.2) is 0 Å². The van der Waals surface area contributed by atoms with Gasteiger partial charge in [0.25, 0.3) is 5.91 Å². The fraction of sp³-hybridized carbons (Fsp3) is 0.273. The molecule has 3 aromatic rings. The Morgan fingerprint density at radius 3 is 2.30 bits per heavy atom. The molecular formula is C22H23ClN4O3. The van der Waals surface area contributed by atoms with E-state index in [1.807, 2.05) is 31.3 Å². The van der Waals surface area contributed by atoms with Crippen molar-refractivity contribution in [3.63, 3.8) is 0 Å². The van der Waals surface area contributed by atoms with Crippen molar-refractivity contribution in [3.05, 3.63) is 59.2 Å². The van der Waals surface area contributed by atoms with E-state index < -0.39 is 0 Å². The fourth-order valence-corrected chi connectivity index (χ4v) is 3.96. The summed E-state index contributed by atoms with van der Waals surface area (Å²) in [7, 11) is 1.82. The molecule has 4 rings (SSSR count). The zero-order chi connectivity index (χ0) is 21.1. The number of hydrogen-bond acceptors (Lipinski definition) is 4. The highest BCUT2D eigenvalue weighted by Crippen LogP contribution is 2.30. The number of carbonyl (C=O) groups excluding carboxylic acids is 2. The van der Waals surface area contributed by atoms with Gasteiger partial charge in [-0.25, -0.2) is 0 Å². The summed E-state index contributed by atoms with van der Waals surface area (Å²) in [6.07, 6.45) is 0. The molecule has 2 heterocycles. The van der Waals surface area contributed by atoms with E-state index in [2.05, 4.69) is 15.5 Å². The number of benzene rings is 2. The van der Waals surface area contributed by atoms with Crippen LogP contribution in [0.5, 0.6) is 0 Å². The number of hydrogen-bond donors (Lipinski definition) is 2. The van der Waals surface area contributed by atoms with Crippen LogP contribution in [0.25, 0.3) is 10.9 Å². The SMILES string of the molecule is Cn1c(C(=O)Nc2ccc(NC(=O)CN3CCOCC3)cc2)c(Cl)c2ccccc21. The summed E-state index contributed by atoms with van der Waals surface area (Å²) in [5.74, 6) is -0.362. The summed E-state index contributed by atoms with van der Waals surface area (Å²) in [5.41, 5.74) is 2.59. The van der Waals surface area contributed by atoms with Crippen molar-refractivity contribution in [3.8, 4) is 0 Å². The van der Waals surface area contributed by atoms with E-state index >= 15 is 0 Å². The molecule has 2 amide bonds. The average molecular weight is 427 g/mol. The van der Waals surface area contributed by atoms with Crippen molar-refractivity contribution in [2.45, 2.75) is 0 Å². The van der Waals surface area contributed by atoms with Gasteiger partial charge >= 0.3 is 0 Å². The molecule has 0 atom stereocenters. The third-order valence-corrected chi connectivity index (χ3v) is 5.54. The van der Waals surface area contributed by atoms with Crippen LogP contribution in [0.2, 0.25) is 5.02 Å². The van der Waals surface area contributed by atoms with Crippen LogP contribution in [0.1, 0.15) is 10.5 Å². The van der Waals surface area contributed by atoms with Crippen LogP contribution >= 0.6 is 11.6 Å². The van der Waals surface area contributed by atoms with Gasteiger partial charge in [-0.3, -0.25) is 14.5 Å². The summed E-state index contributed by atoms with van der Waals surface area (Å²) in [6.45, 7) is 3.16. The number of anilines is 2. The highest BCUT2D eigenvalue weighted by Gasteiger charge is 2.20. The Bertz CT molecular complexity index is 1030. The maximum absolute atomic E-state index is 12.8. The van der Waals surface area contributed by atoms with E-state index in [9.17, 15) is 9.59 Å². The van der Waals surface area contributed by atoms with Gasteiger partial charge in [-0.2, -0.15) is 0 Å². The Hall–Kier alpha value is -2.87. The number of para-hydroxylation sites is 1. The summed E-state index contributed by atoms with van der Waals surface area (Å²) in [6, 6.07) is 14.6. The molecule has 0 unspecified atom stereocenters. The minimum atomic E-state index is -0.289. The third-order valence-electron chi connectivity index (χ3n) is 5.16. The van der Waals surface area contributed by atoms with Crippen LogP contribution < -0.4 is 10.6 Å². The molecule has 0 bridgehead atoms. The molecule has 2 aromatic carbocycles. The number of morpholine rings is 1. The summed E-state index contributed by atoms with van der Waals surface area (Å²) in [5, 5.41) is 7.01. The Labute approximate surface area is 179 Å². The maximum atomic E-state index is 12.8. The fourth-order valence-electron chi connectivity index (χ4n) is 3.59. The first kappa shape index (κ1) is 20.4. The number of ether oxygens (including phenoxy) is 1. The van der Waals surface area contributed by atoms with Crippen molar-refractivity contribution in [1.82, 2.24) is 9.47 Å². The lowest BCUT2D eigenvalue weighted by atomic mass is 10.2. The van der Waals surface area contributed by atoms with E-state index in [4.69, 9.17) is 16.3 Å². The third kappa shape index (κ3) is 4.33. The largest absolute Gasteiger partial charge is 0.379 e. The molecule has 30 heavy (non-hydrogen) atoms. The van der Waals surface area contributed by atoms with Gasteiger partial charge in [-0.15, -0.1) is 0 Å². The highest BCUT2D eigenvalue weighted by molar-refractivity contribution is 6.39. The molecule has 1 aliphatic heterocycles. The second-order valence-electron chi connectivity index (χ2n) is 7.21. The lowest BCUT2D eigenvalue weighted by molar-refractivity contribution is -0.118. The summed E-state index contributed by atoms with van der Waals surface area (Å²) in [4.78, 5) is 27.1. The summed E-state index contributed by atoms with van der Waals surface area (Å²) >= 11 is 6.45. The number of fused-ring (bicyclic) bond motifs is 1. The topological polar surface area (TPSA) is 75.6 Å². The Kier molecular flexibility index (Phi) is 6.03. The van der Waals surface area contributed by atoms with E-state index in [1.165, 1.54) is 0 Å². The zero-order valence-electron chi connectivity index (χ0n) is 16.7. The summed E-state index contributed by atoms with van der Waals surface area (Å²) < 4.78 is 7.08. The van der Waals surface area contributed by atoms with Crippen LogP contribution in [0, 0.1) is 0 Å². The monoisotopic (exact) mass is 426 g/mol. The zero-order valence-corrected chi connectivity index (χ0v) is 17.4. The van der Waals surface area contributed by atoms with Gasteiger partial charge in [-0.1, -0.05) is 29.8 Å². The van der Waals surface area contributed by atoms with Crippen LogP contribution in [0.15, 0.2) is 48.5 Å². The van der Waals surface area contributed by atoms with Crippen LogP contribution in [-0.2, 0) is 16.6 Å². The second kappa shape index (κ2) is 8.87. The van der Waals surface area contributed by atoms with Crippen LogP contribution in [0.4, 0.5) is 11.4 Å². The minimum absolute atomic E-state index is 0.0732. The molecule has 0 spiro atoms. The second-order valence-corrected chi connectivity index (χ2v) is 7.58. The van der Waals surface area contributed by atoms with Gasteiger partial charge in [-0.05, 0) is 30.3 Å². The number of rotatable bonds is 5. The van der Waals surface area contributed by atoms with Gasteiger partial charge in [0, 0.05) is 42.4 Å². The van der Waals surface area contributed by atoms with E-state index in [-0.39, 0.29) is 11.8 Å². The van der Waals surface area contributed by atoms with Crippen molar-refractivity contribution in [2.75, 3.05) is 43.5 Å². The normalized spacial score (nSPS) is 14.6. The van der Waals surface area contributed by atoms with E-state index in [0.29, 0.717) is 41.8 Å². The highest BCUT2D eigenvalue weighted by atomic mass is 35.5. The van der Waals surface area contributed by atoms with Crippen LogP contribution in [-0.4, -0.2) is 54.1 Å². The van der Waals surface area contributed by atoms with Gasteiger partial charge in [0.2, 0.25) is 5.91 Å². The predicted octanol–water partition coefficient (Wildman–Crippen LogP) is 3.35.